The van der Waals surface area contributed by atoms with E-state index in [1.165, 1.54) is 11.8 Å². The van der Waals surface area contributed by atoms with Crippen LogP contribution in [-0.2, 0) is 4.79 Å². The standard InChI is InChI=1S/C18H22N2O2S2/c1-5-10-20-17(21)16(24-18(20)23)11-13-8-9-14(12-15(13)22-4)19(6-2)7-3/h5,8-9,11-12H,1,6-7,10H2,2-4H3/b16-11+. The van der Waals surface area contributed by atoms with Crippen LogP contribution in [0.2, 0.25) is 0 Å². The Morgan fingerprint density at radius 2 is 2.08 bits per heavy atom. The summed E-state index contributed by atoms with van der Waals surface area (Å²) in [5.74, 6) is 0.660. The number of nitrogens with zero attached hydrogens (tertiary/aromatic N) is 2. The summed E-state index contributed by atoms with van der Waals surface area (Å²) in [5.41, 5.74) is 1.97. The predicted octanol–water partition coefficient (Wildman–Crippen LogP) is 3.93. The predicted molar refractivity (Wildman–Crippen MR) is 107 cm³/mol. The van der Waals surface area contributed by atoms with E-state index < -0.39 is 0 Å². The molecule has 1 saturated heterocycles. The average Bonchev–Trinajstić information content (AvgIpc) is 2.85. The minimum Gasteiger partial charge on any atom is -0.496 e. The van der Waals surface area contributed by atoms with Crippen molar-refractivity contribution in [1.29, 1.82) is 0 Å². The molecule has 0 aromatic heterocycles. The molecule has 1 aliphatic heterocycles. The summed E-state index contributed by atoms with van der Waals surface area (Å²) >= 11 is 6.58. The first-order valence-corrected chi connectivity index (χ1v) is 9.07. The molecule has 1 fully saturated rings. The Labute approximate surface area is 153 Å². The molecule has 0 spiro atoms. The second-order valence-electron chi connectivity index (χ2n) is 5.18. The summed E-state index contributed by atoms with van der Waals surface area (Å²) in [5, 5.41) is 0. The molecule has 1 aliphatic rings. The Bertz CT molecular complexity index is 682. The Morgan fingerprint density at radius 3 is 2.67 bits per heavy atom. The molecular weight excluding hydrogens is 340 g/mol. The fourth-order valence-corrected chi connectivity index (χ4v) is 3.80. The average molecular weight is 363 g/mol. The van der Waals surface area contributed by atoms with Crippen LogP contribution in [0.3, 0.4) is 0 Å². The molecule has 1 aromatic carbocycles. The molecule has 2 rings (SSSR count). The van der Waals surface area contributed by atoms with Gasteiger partial charge in [0.1, 0.15) is 10.1 Å². The van der Waals surface area contributed by atoms with Crippen molar-refractivity contribution in [2.45, 2.75) is 13.8 Å². The van der Waals surface area contributed by atoms with Crippen molar-refractivity contribution in [3.05, 3.63) is 41.3 Å². The van der Waals surface area contributed by atoms with Crippen LogP contribution < -0.4 is 9.64 Å². The third-order valence-electron chi connectivity index (χ3n) is 3.82. The lowest BCUT2D eigenvalue weighted by atomic mass is 10.1. The largest absolute Gasteiger partial charge is 0.496 e. The fraction of sp³-hybridized carbons (Fsp3) is 0.333. The minimum absolute atomic E-state index is 0.0835. The van der Waals surface area contributed by atoms with Crippen LogP contribution >= 0.6 is 24.0 Å². The van der Waals surface area contributed by atoms with Crippen molar-refractivity contribution >= 4 is 46.0 Å². The number of hydrogen-bond acceptors (Lipinski definition) is 5. The SMILES string of the molecule is C=CCN1C(=O)/C(=C\c2ccc(N(CC)CC)cc2OC)SC1=S. The number of ether oxygens (including phenoxy) is 1. The van der Waals surface area contributed by atoms with Gasteiger partial charge in [-0.25, -0.2) is 0 Å². The van der Waals surface area contributed by atoms with E-state index in [0.717, 1.165) is 30.1 Å². The number of amides is 1. The molecule has 0 atom stereocenters. The monoisotopic (exact) mass is 362 g/mol. The van der Waals surface area contributed by atoms with Gasteiger partial charge in [0.2, 0.25) is 0 Å². The van der Waals surface area contributed by atoms with Crippen molar-refractivity contribution in [2.24, 2.45) is 0 Å². The van der Waals surface area contributed by atoms with Crippen LogP contribution in [0, 0.1) is 0 Å². The van der Waals surface area contributed by atoms with Gasteiger partial charge in [0.15, 0.2) is 0 Å². The second kappa shape index (κ2) is 8.35. The Balaban J connectivity index is 2.34. The number of carbonyl (C=O) groups excluding carboxylic acids is 1. The molecule has 0 aliphatic carbocycles. The summed E-state index contributed by atoms with van der Waals surface area (Å²) in [7, 11) is 1.64. The lowest BCUT2D eigenvalue weighted by molar-refractivity contribution is -0.121. The van der Waals surface area contributed by atoms with E-state index in [4.69, 9.17) is 17.0 Å². The van der Waals surface area contributed by atoms with Gasteiger partial charge in [-0.3, -0.25) is 9.69 Å². The molecule has 0 N–H and O–H groups in total. The number of benzene rings is 1. The molecular formula is C18H22N2O2S2. The zero-order valence-electron chi connectivity index (χ0n) is 14.2. The van der Waals surface area contributed by atoms with Crippen LogP contribution in [0.4, 0.5) is 5.69 Å². The highest BCUT2D eigenvalue weighted by Gasteiger charge is 2.31. The second-order valence-corrected chi connectivity index (χ2v) is 6.86. The molecule has 0 unspecified atom stereocenters. The topological polar surface area (TPSA) is 32.8 Å². The maximum Gasteiger partial charge on any atom is 0.266 e. The van der Waals surface area contributed by atoms with E-state index in [9.17, 15) is 4.79 Å². The van der Waals surface area contributed by atoms with Gasteiger partial charge >= 0.3 is 0 Å². The number of hydrogen-bond donors (Lipinski definition) is 0. The van der Waals surface area contributed by atoms with E-state index in [2.05, 4.69) is 25.3 Å². The van der Waals surface area contributed by atoms with Crippen LogP contribution in [-0.4, -0.2) is 41.9 Å². The van der Waals surface area contributed by atoms with Gasteiger partial charge < -0.3 is 9.64 Å². The van der Waals surface area contributed by atoms with Crippen molar-refractivity contribution in [3.63, 3.8) is 0 Å². The summed E-state index contributed by atoms with van der Waals surface area (Å²) in [6.07, 6.45) is 3.51. The smallest absolute Gasteiger partial charge is 0.266 e. The lowest BCUT2D eigenvalue weighted by Crippen LogP contribution is -2.27. The van der Waals surface area contributed by atoms with E-state index in [0.29, 0.717) is 15.8 Å². The highest BCUT2D eigenvalue weighted by atomic mass is 32.2. The first-order chi connectivity index (χ1) is 11.5. The van der Waals surface area contributed by atoms with Crippen LogP contribution in [0.25, 0.3) is 6.08 Å². The van der Waals surface area contributed by atoms with Gasteiger partial charge in [0.25, 0.3) is 5.91 Å². The normalized spacial score (nSPS) is 16.0. The zero-order chi connectivity index (χ0) is 17.7. The minimum atomic E-state index is -0.0835. The van der Waals surface area contributed by atoms with Gasteiger partial charge in [0.05, 0.1) is 12.0 Å². The molecule has 6 heteroatoms. The van der Waals surface area contributed by atoms with Gasteiger partial charge in [-0.2, -0.15) is 0 Å². The fourth-order valence-electron chi connectivity index (χ4n) is 2.53. The summed E-state index contributed by atoms with van der Waals surface area (Å²) in [6.45, 7) is 10.2. The molecule has 4 nitrogen and oxygen atoms in total. The lowest BCUT2D eigenvalue weighted by Gasteiger charge is -2.22. The number of anilines is 1. The molecule has 128 valence electrons. The molecule has 1 amide bonds. The van der Waals surface area contributed by atoms with Gasteiger partial charge in [-0.05, 0) is 32.1 Å². The number of methoxy groups -OCH3 is 1. The third-order valence-corrected chi connectivity index (χ3v) is 5.20. The number of thiocarbonyl (C=S) groups is 1. The molecule has 0 bridgehead atoms. The third kappa shape index (κ3) is 3.82. The Hall–Kier alpha value is -1.79. The van der Waals surface area contributed by atoms with Crippen molar-refractivity contribution < 1.29 is 9.53 Å². The molecule has 1 heterocycles. The maximum absolute atomic E-state index is 12.4. The molecule has 24 heavy (non-hydrogen) atoms. The number of thioether (sulfide) groups is 1. The Kier molecular flexibility index (Phi) is 6.45. The van der Waals surface area contributed by atoms with E-state index in [-0.39, 0.29) is 5.91 Å². The number of rotatable bonds is 7. The molecule has 1 aromatic rings. The summed E-state index contributed by atoms with van der Waals surface area (Å²) in [6, 6.07) is 6.03. The van der Waals surface area contributed by atoms with Crippen molar-refractivity contribution in [2.75, 3.05) is 31.6 Å². The first kappa shape index (κ1) is 18.5. The highest BCUT2D eigenvalue weighted by Crippen LogP contribution is 2.35. The van der Waals surface area contributed by atoms with E-state index >= 15 is 0 Å². The van der Waals surface area contributed by atoms with Crippen molar-refractivity contribution in [3.8, 4) is 5.75 Å². The zero-order valence-corrected chi connectivity index (χ0v) is 15.9. The van der Waals surface area contributed by atoms with Gasteiger partial charge in [-0.15, -0.1) is 6.58 Å². The maximum atomic E-state index is 12.4. The summed E-state index contributed by atoms with van der Waals surface area (Å²) < 4.78 is 6.08. The van der Waals surface area contributed by atoms with Gasteiger partial charge in [0, 0.05) is 37.0 Å². The van der Waals surface area contributed by atoms with Crippen LogP contribution in [0.15, 0.2) is 35.8 Å². The molecule has 0 saturated carbocycles. The van der Waals surface area contributed by atoms with E-state index in [1.54, 1.807) is 18.1 Å². The first-order valence-electron chi connectivity index (χ1n) is 7.84. The highest BCUT2D eigenvalue weighted by molar-refractivity contribution is 8.26. The van der Waals surface area contributed by atoms with Gasteiger partial charge in [-0.1, -0.05) is 30.1 Å². The van der Waals surface area contributed by atoms with Crippen LogP contribution in [0.5, 0.6) is 5.75 Å². The summed E-state index contributed by atoms with van der Waals surface area (Å²) in [4.78, 5) is 16.8. The molecule has 0 radical (unpaired) electrons. The number of carbonyl (C=O) groups is 1. The van der Waals surface area contributed by atoms with Crippen molar-refractivity contribution in [1.82, 2.24) is 4.90 Å². The van der Waals surface area contributed by atoms with E-state index in [1.807, 2.05) is 24.3 Å². The quantitative estimate of drug-likeness (QED) is 0.417. The Morgan fingerprint density at radius 1 is 1.38 bits per heavy atom. The van der Waals surface area contributed by atoms with Crippen LogP contribution in [0.1, 0.15) is 19.4 Å².